The largest absolute Gasteiger partial charge is 0.502 e. The Morgan fingerprint density at radius 1 is 1.00 bits per heavy atom. The molecule has 0 aromatic heterocycles. The molecule has 4 heteroatoms. The third-order valence-electron chi connectivity index (χ3n) is 2.89. The number of aromatic hydroxyl groups is 1. The lowest BCUT2D eigenvalue weighted by Gasteiger charge is -2.11. The van der Waals surface area contributed by atoms with Crippen LogP contribution in [-0.2, 0) is 6.54 Å². The third-order valence-corrected chi connectivity index (χ3v) is 2.89. The number of nitrogens with one attached hydrogen (secondary N) is 1. The molecule has 2 aromatic carbocycles. The van der Waals surface area contributed by atoms with Crippen LogP contribution in [0, 0.1) is 0 Å². The summed E-state index contributed by atoms with van der Waals surface area (Å²) in [5.41, 5.74) is 1.23. The van der Waals surface area contributed by atoms with Crippen molar-refractivity contribution in [1.29, 1.82) is 0 Å². The number of para-hydroxylation sites is 1. The summed E-state index contributed by atoms with van der Waals surface area (Å²) in [7, 11) is 1.51. The van der Waals surface area contributed by atoms with E-state index in [0.29, 0.717) is 24.7 Å². The number of hydrogen-bond acceptors (Lipinski definition) is 4. The first kappa shape index (κ1) is 14.2. The molecule has 0 saturated carbocycles. The van der Waals surface area contributed by atoms with E-state index in [2.05, 4.69) is 17.4 Å². The summed E-state index contributed by atoms with van der Waals surface area (Å²) in [6.45, 7) is 1.98. The number of methoxy groups -OCH3 is 1. The summed E-state index contributed by atoms with van der Waals surface area (Å²) < 4.78 is 10.6. The molecule has 0 aliphatic rings. The summed E-state index contributed by atoms with van der Waals surface area (Å²) in [6.07, 6.45) is 0. The SMILES string of the molecule is COc1cccc(OCCNCc2ccccc2)c1O. The smallest absolute Gasteiger partial charge is 0.200 e. The number of hydrogen-bond donors (Lipinski definition) is 2. The van der Waals surface area contributed by atoms with Crippen molar-refractivity contribution in [2.45, 2.75) is 6.54 Å². The van der Waals surface area contributed by atoms with Crippen LogP contribution in [0.4, 0.5) is 0 Å². The van der Waals surface area contributed by atoms with E-state index in [1.165, 1.54) is 12.7 Å². The molecule has 0 saturated heterocycles. The highest BCUT2D eigenvalue weighted by atomic mass is 16.5. The Labute approximate surface area is 119 Å². The van der Waals surface area contributed by atoms with Gasteiger partial charge in [0, 0.05) is 13.1 Å². The Morgan fingerprint density at radius 3 is 2.50 bits per heavy atom. The van der Waals surface area contributed by atoms with Gasteiger partial charge >= 0.3 is 0 Å². The van der Waals surface area contributed by atoms with E-state index in [0.717, 1.165) is 6.54 Å². The molecule has 0 aliphatic heterocycles. The molecule has 0 aliphatic carbocycles. The molecule has 0 bridgehead atoms. The number of phenols is 1. The molecule has 0 heterocycles. The van der Waals surface area contributed by atoms with Gasteiger partial charge in [0.2, 0.25) is 5.75 Å². The molecule has 106 valence electrons. The minimum Gasteiger partial charge on any atom is -0.502 e. The van der Waals surface area contributed by atoms with E-state index in [9.17, 15) is 5.11 Å². The lowest BCUT2D eigenvalue weighted by molar-refractivity contribution is 0.288. The minimum absolute atomic E-state index is 0.0399. The van der Waals surface area contributed by atoms with E-state index < -0.39 is 0 Å². The summed E-state index contributed by atoms with van der Waals surface area (Å²) in [5, 5.41) is 13.1. The van der Waals surface area contributed by atoms with Gasteiger partial charge < -0.3 is 19.9 Å². The lowest BCUT2D eigenvalue weighted by Crippen LogP contribution is -2.20. The van der Waals surface area contributed by atoms with Crippen LogP contribution in [0.1, 0.15) is 5.56 Å². The van der Waals surface area contributed by atoms with Crippen molar-refractivity contribution in [2.75, 3.05) is 20.3 Å². The summed E-state index contributed by atoms with van der Waals surface area (Å²) in [5.74, 6) is 0.892. The molecule has 0 fully saturated rings. The number of benzene rings is 2. The zero-order chi connectivity index (χ0) is 14.2. The molecule has 2 aromatic rings. The summed E-state index contributed by atoms with van der Waals surface area (Å²) in [6, 6.07) is 15.4. The van der Waals surface area contributed by atoms with E-state index in [-0.39, 0.29) is 5.75 Å². The monoisotopic (exact) mass is 273 g/mol. The molecule has 2 N–H and O–H groups in total. The highest BCUT2D eigenvalue weighted by Crippen LogP contribution is 2.35. The first-order valence-electron chi connectivity index (χ1n) is 6.54. The van der Waals surface area contributed by atoms with Crippen LogP contribution in [0.2, 0.25) is 0 Å². The van der Waals surface area contributed by atoms with Crippen LogP contribution in [0.15, 0.2) is 48.5 Å². The van der Waals surface area contributed by atoms with Gasteiger partial charge in [-0.1, -0.05) is 36.4 Å². The van der Waals surface area contributed by atoms with Gasteiger partial charge in [-0.3, -0.25) is 0 Å². The van der Waals surface area contributed by atoms with Gasteiger partial charge in [0.05, 0.1) is 7.11 Å². The predicted octanol–water partition coefficient (Wildman–Crippen LogP) is 2.57. The quantitative estimate of drug-likeness (QED) is 0.761. The first-order valence-corrected chi connectivity index (χ1v) is 6.54. The first-order chi connectivity index (χ1) is 9.81. The van der Waals surface area contributed by atoms with Crippen molar-refractivity contribution in [2.24, 2.45) is 0 Å². The highest BCUT2D eigenvalue weighted by molar-refractivity contribution is 5.49. The number of rotatable bonds is 7. The van der Waals surface area contributed by atoms with E-state index in [1.807, 2.05) is 18.2 Å². The third kappa shape index (κ3) is 3.90. The standard InChI is InChI=1S/C16H19NO3/c1-19-14-8-5-9-15(16(14)18)20-11-10-17-12-13-6-3-2-4-7-13/h2-9,17-18H,10-12H2,1H3. The molecule has 0 unspecified atom stereocenters. The maximum absolute atomic E-state index is 9.85. The molecular weight excluding hydrogens is 254 g/mol. The van der Waals surface area contributed by atoms with Crippen molar-refractivity contribution in [3.63, 3.8) is 0 Å². The average molecular weight is 273 g/mol. The van der Waals surface area contributed by atoms with Crippen molar-refractivity contribution < 1.29 is 14.6 Å². The fourth-order valence-corrected chi connectivity index (χ4v) is 1.85. The second kappa shape index (κ2) is 7.40. The fourth-order valence-electron chi connectivity index (χ4n) is 1.85. The molecule has 20 heavy (non-hydrogen) atoms. The van der Waals surface area contributed by atoms with Gasteiger partial charge in [-0.15, -0.1) is 0 Å². The average Bonchev–Trinajstić information content (AvgIpc) is 2.49. The van der Waals surface area contributed by atoms with Crippen LogP contribution in [0.3, 0.4) is 0 Å². The Balaban J connectivity index is 1.74. The number of ether oxygens (including phenoxy) is 2. The van der Waals surface area contributed by atoms with Crippen molar-refractivity contribution in [1.82, 2.24) is 5.32 Å². The predicted molar refractivity (Wildman–Crippen MR) is 78.3 cm³/mol. The van der Waals surface area contributed by atoms with Gasteiger partial charge in [0.1, 0.15) is 6.61 Å². The summed E-state index contributed by atoms with van der Waals surface area (Å²) in [4.78, 5) is 0. The second-order valence-corrected chi connectivity index (χ2v) is 4.32. The van der Waals surface area contributed by atoms with Crippen molar-refractivity contribution in [3.05, 3.63) is 54.1 Å². The Kier molecular flexibility index (Phi) is 5.26. The summed E-state index contributed by atoms with van der Waals surface area (Å²) >= 11 is 0. The molecular formula is C16H19NO3. The number of phenolic OH excluding ortho intramolecular Hbond substituents is 1. The molecule has 0 spiro atoms. The van der Waals surface area contributed by atoms with Gasteiger partial charge in [-0.25, -0.2) is 0 Å². The van der Waals surface area contributed by atoms with Gasteiger partial charge in [0.25, 0.3) is 0 Å². The zero-order valence-corrected chi connectivity index (χ0v) is 11.5. The van der Waals surface area contributed by atoms with Gasteiger partial charge in [-0.2, -0.15) is 0 Å². The molecule has 0 radical (unpaired) electrons. The Bertz CT molecular complexity index is 529. The molecule has 0 amide bonds. The Morgan fingerprint density at radius 2 is 1.75 bits per heavy atom. The van der Waals surface area contributed by atoms with Crippen LogP contribution in [0.25, 0.3) is 0 Å². The van der Waals surface area contributed by atoms with Crippen molar-refractivity contribution >= 4 is 0 Å². The van der Waals surface area contributed by atoms with E-state index in [4.69, 9.17) is 9.47 Å². The second-order valence-electron chi connectivity index (χ2n) is 4.32. The van der Waals surface area contributed by atoms with Crippen LogP contribution < -0.4 is 14.8 Å². The normalized spacial score (nSPS) is 10.2. The van der Waals surface area contributed by atoms with Crippen LogP contribution in [-0.4, -0.2) is 25.4 Å². The molecule has 2 rings (SSSR count). The maximum Gasteiger partial charge on any atom is 0.200 e. The van der Waals surface area contributed by atoms with Crippen LogP contribution in [0.5, 0.6) is 17.2 Å². The van der Waals surface area contributed by atoms with Gasteiger partial charge in [0.15, 0.2) is 11.5 Å². The van der Waals surface area contributed by atoms with Crippen molar-refractivity contribution in [3.8, 4) is 17.2 Å². The Hall–Kier alpha value is -2.20. The lowest BCUT2D eigenvalue weighted by atomic mass is 10.2. The topological polar surface area (TPSA) is 50.7 Å². The minimum atomic E-state index is 0.0399. The molecule has 0 atom stereocenters. The maximum atomic E-state index is 9.85. The van der Waals surface area contributed by atoms with Gasteiger partial charge in [-0.05, 0) is 17.7 Å². The van der Waals surface area contributed by atoms with E-state index in [1.54, 1.807) is 18.2 Å². The van der Waals surface area contributed by atoms with Crippen LogP contribution >= 0.6 is 0 Å². The molecule has 4 nitrogen and oxygen atoms in total. The fraction of sp³-hybridized carbons (Fsp3) is 0.250. The highest BCUT2D eigenvalue weighted by Gasteiger charge is 2.07. The van der Waals surface area contributed by atoms with E-state index >= 15 is 0 Å². The zero-order valence-electron chi connectivity index (χ0n) is 11.5.